The van der Waals surface area contributed by atoms with Crippen molar-refractivity contribution in [2.24, 2.45) is 11.8 Å². The molecule has 2 aromatic rings. The maximum atomic E-state index is 11.7. The number of rotatable bonds is 4. The van der Waals surface area contributed by atoms with E-state index in [1.54, 1.807) is 13.3 Å². The Morgan fingerprint density at radius 1 is 1.14 bits per heavy atom. The van der Waals surface area contributed by atoms with E-state index in [2.05, 4.69) is 48.9 Å². The zero-order valence-corrected chi connectivity index (χ0v) is 18.2. The van der Waals surface area contributed by atoms with E-state index < -0.39 is 5.60 Å². The molecule has 4 heteroatoms. The molecule has 1 N–H and O–H groups in total. The van der Waals surface area contributed by atoms with Gasteiger partial charge in [0.1, 0.15) is 11.4 Å². The lowest BCUT2D eigenvalue weighted by molar-refractivity contribution is -0.151. The number of fused-ring (bicyclic) bond motifs is 2. The Hall–Kier alpha value is -1.91. The Balaban J connectivity index is 1.59. The maximum absolute atomic E-state index is 11.7. The van der Waals surface area contributed by atoms with Gasteiger partial charge in [-0.15, -0.1) is 0 Å². The zero-order chi connectivity index (χ0) is 20.6. The zero-order valence-electron chi connectivity index (χ0n) is 18.2. The summed E-state index contributed by atoms with van der Waals surface area (Å²) in [5.41, 5.74) is 2.73. The average molecular weight is 395 g/mol. The van der Waals surface area contributed by atoms with E-state index in [0.717, 1.165) is 43.9 Å². The first-order valence-electron chi connectivity index (χ1n) is 10.9. The van der Waals surface area contributed by atoms with Crippen molar-refractivity contribution >= 4 is 0 Å². The third-order valence-electron chi connectivity index (χ3n) is 6.92. The Morgan fingerprint density at radius 3 is 2.45 bits per heavy atom. The molecular weight excluding hydrogens is 360 g/mol. The molecule has 2 aliphatic rings. The van der Waals surface area contributed by atoms with Crippen molar-refractivity contribution in [2.75, 3.05) is 20.2 Å². The fraction of sp³-hybridized carbons (Fsp3) is 0.560. The highest BCUT2D eigenvalue weighted by Crippen LogP contribution is 2.49. The molecule has 156 valence electrons. The van der Waals surface area contributed by atoms with Crippen LogP contribution in [0.5, 0.6) is 5.75 Å². The third-order valence-corrected chi connectivity index (χ3v) is 6.92. The van der Waals surface area contributed by atoms with Crippen molar-refractivity contribution in [1.82, 2.24) is 9.88 Å². The lowest BCUT2D eigenvalue weighted by atomic mass is 9.64. The molecule has 1 saturated heterocycles. The van der Waals surface area contributed by atoms with Gasteiger partial charge in [-0.1, -0.05) is 45.4 Å². The number of methoxy groups -OCH3 is 1. The van der Waals surface area contributed by atoms with Crippen molar-refractivity contribution in [2.45, 2.75) is 57.6 Å². The van der Waals surface area contributed by atoms with Gasteiger partial charge in [0.25, 0.3) is 0 Å². The van der Waals surface area contributed by atoms with Crippen LogP contribution in [-0.2, 0) is 17.6 Å². The Morgan fingerprint density at radius 2 is 1.86 bits per heavy atom. The summed E-state index contributed by atoms with van der Waals surface area (Å²) in [5.74, 6) is 1.40. The second-order valence-corrected chi connectivity index (χ2v) is 9.84. The van der Waals surface area contributed by atoms with E-state index in [4.69, 9.17) is 4.74 Å². The molecule has 2 fully saturated rings. The van der Waals surface area contributed by atoms with Crippen LogP contribution in [0.15, 0.2) is 42.6 Å². The highest BCUT2D eigenvalue weighted by Gasteiger charge is 2.52. The highest BCUT2D eigenvalue weighted by molar-refractivity contribution is 5.40. The molecule has 1 aliphatic carbocycles. The number of piperidine rings is 1. The minimum atomic E-state index is -0.798. The molecule has 0 radical (unpaired) electrons. The Labute approximate surface area is 174 Å². The fourth-order valence-electron chi connectivity index (χ4n) is 5.30. The van der Waals surface area contributed by atoms with Gasteiger partial charge in [-0.3, -0.25) is 9.88 Å². The second-order valence-electron chi connectivity index (χ2n) is 9.84. The summed E-state index contributed by atoms with van der Waals surface area (Å²) in [6.45, 7) is 9.39. The molecule has 29 heavy (non-hydrogen) atoms. The number of benzene rings is 1. The monoisotopic (exact) mass is 394 g/mol. The SMILES string of the molecule is COc1ccc(C(C)(C)C)cc1CN1C[C@H]2CCC[C@H](C1)C2(O)c1ccccn1. The van der Waals surface area contributed by atoms with E-state index in [0.29, 0.717) is 0 Å². The first kappa shape index (κ1) is 20.4. The topological polar surface area (TPSA) is 45.6 Å². The molecule has 1 aliphatic heterocycles. The van der Waals surface area contributed by atoms with Crippen molar-refractivity contribution in [3.8, 4) is 5.75 Å². The van der Waals surface area contributed by atoms with Crippen LogP contribution in [-0.4, -0.2) is 35.2 Å². The number of aliphatic hydroxyl groups is 1. The van der Waals surface area contributed by atoms with Crippen LogP contribution in [0.3, 0.4) is 0 Å². The van der Waals surface area contributed by atoms with Crippen LogP contribution in [0, 0.1) is 11.8 Å². The first-order chi connectivity index (χ1) is 13.8. The minimum Gasteiger partial charge on any atom is -0.496 e. The van der Waals surface area contributed by atoms with Crippen LogP contribution in [0.25, 0.3) is 0 Å². The van der Waals surface area contributed by atoms with Gasteiger partial charge in [-0.25, -0.2) is 0 Å². The van der Waals surface area contributed by atoms with Crippen LogP contribution < -0.4 is 4.74 Å². The van der Waals surface area contributed by atoms with Gasteiger partial charge < -0.3 is 9.84 Å². The molecule has 1 saturated carbocycles. The van der Waals surface area contributed by atoms with E-state index in [-0.39, 0.29) is 17.3 Å². The highest BCUT2D eigenvalue weighted by atomic mass is 16.5. The maximum Gasteiger partial charge on any atom is 0.123 e. The molecule has 0 spiro atoms. The summed E-state index contributed by atoms with van der Waals surface area (Å²) in [6, 6.07) is 12.5. The average Bonchev–Trinajstić information content (AvgIpc) is 2.69. The van der Waals surface area contributed by atoms with Gasteiger partial charge in [0.15, 0.2) is 0 Å². The Kier molecular flexibility index (Phi) is 5.43. The van der Waals surface area contributed by atoms with Crippen LogP contribution in [0.4, 0.5) is 0 Å². The number of aromatic nitrogens is 1. The van der Waals surface area contributed by atoms with Crippen molar-refractivity contribution in [3.63, 3.8) is 0 Å². The van der Waals surface area contributed by atoms with E-state index in [1.807, 2.05) is 18.2 Å². The molecule has 4 rings (SSSR count). The number of nitrogens with zero attached hydrogens (tertiary/aromatic N) is 2. The third kappa shape index (κ3) is 3.80. The Bertz CT molecular complexity index is 830. The lowest BCUT2D eigenvalue weighted by Crippen LogP contribution is -2.58. The standard InChI is InChI=1S/C25H34N2O2/c1-24(2,3)19-11-12-22(29-4)18(14-19)15-27-16-20-8-7-9-21(17-27)25(20,28)23-10-5-6-13-26-23/h5-6,10-14,20-21,28H,7-9,15-17H2,1-4H3/t20-,21-/m1/s1. The summed E-state index contributed by atoms with van der Waals surface area (Å²) in [6.07, 6.45) is 5.11. The second kappa shape index (κ2) is 7.73. The van der Waals surface area contributed by atoms with Gasteiger partial charge in [0, 0.05) is 43.2 Å². The van der Waals surface area contributed by atoms with Crippen LogP contribution >= 0.6 is 0 Å². The van der Waals surface area contributed by atoms with Crippen LogP contribution in [0.1, 0.15) is 56.9 Å². The number of ether oxygens (including phenoxy) is 1. The summed E-state index contributed by atoms with van der Waals surface area (Å²) in [4.78, 5) is 7.05. The van der Waals surface area contributed by atoms with Crippen molar-refractivity contribution in [3.05, 3.63) is 59.4 Å². The summed E-state index contributed by atoms with van der Waals surface area (Å²) in [7, 11) is 1.75. The summed E-state index contributed by atoms with van der Waals surface area (Å²) < 4.78 is 5.67. The summed E-state index contributed by atoms with van der Waals surface area (Å²) >= 11 is 0. The molecule has 2 atom stereocenters. The molecule has 2 heterocycles. The minimum absolute atomic E-state index is 0.110. The lowest BCUT2D eigenvalue weighted by Gasteiger charge is -2.52. The molecule has 1 aromatic heterocycles. The van der Waals surface area contributed by atoms with Gasteiger partial charge in [0.05, 0.1) is 12.8 Å². The van der Waals surface area contributed by atoms with Crippen LogP contribution in [0.2, 0.25) is 0 Å². The number of likely N-dealkylation sites (tertiary alicyclic amines) is 1. The summed E-state index contributed by atoms with van der Waals surface area (Å²) in [5, 5.41) is 11.7. The number of hydrogen-bond acceptors (Lipinski definition) is 4. The van der Waals surface area contributed by atoms with Gasteiger partial charge >= 0.3 is 0 Å². The predicted octanol–water partition coefficient (Wildman–Crippen LogP) is 4.51. The molecule has 0 amide bonds. The van der Waals surface area contributed by atoms with E-state index in [9.17, 15) is 5.11 Å². The quantitative estimate of drug-likeness (QED) is 0.829. The largest absolute Gasteiger partial charge is 0.496 e. The van der Waals surface area contributed by atoms with Crippen molar-refractivity contribution < 1.29 is 9.84 Å². The molecule has 0 unspecified atom stereocenters. The molecule has 1 aromatic carbocycles. The molecular formula is C25H34N2O2. The predicted molar refractivity (Wildman–Crippen MR) is 116 cm³/mol. The van der Waals surface area contributed by atoms with Gasteiger partial charge in [-0.05, 0) is 42.0 Å². The van der Waals surface area contributed by atoms with E-state index >= 15 is 0 Å². The molecule has 2 bridgehead atoms. The van der Waals surface area contributed by atoms with Gasteiger partial charge in [-0.2, -0.15) is 0 Å². The van der Waals surface area contributed by atoms with Gasteiger partial charge in [0.2, 0.25) is 0 Å². The normalized spacial score (nSPS) is 27.6. The first-order valence-corrected chi connectivity index (χ1v) is 10.9. The molecule has 4 nitrogen and oxygen atoms in total. The number of hydrogen-bond donors (Lipinski definition) is 1. The number of pyridine rings is 1. The van der Waals surface area contributed by atoms with Crippen molar-refractivity contribution in [1.29, 1.82) is 0 Å². The van der Waals surface area contributed by atoms with E-state index in [1.165, 1.54) is 17.5 Å². The fourth-order valence-corrected chi connectivity index (χ4v) is 5.30. The smallest absolute Gasteiger partial charge is 0.123 e.